The van der Waals surface area contributed by atoms with Gasteiger partial charge in [0.15, 0.2) is 0 Å². The first-order chi connectivity index (χ1) is 7.63. The molecule has 4 nitrogen and oxygen atoms in total. The molecule has 0 aromatic heterocycles. The molecule has 0 amide bonds. The van der Waals surface area contributed by atoms with Crippen molar-refractivity contribution in [2.75, 3.05) is 41.3 Å². The summed E-state index contributed by atoms with van der Waals surface area (Å²) in [6.07, 6.45) is 8.15. The van der Waals surface area contributed by atoms with E-state index in [0.717, 1.165) is 13.1 Å². The minimum Gasteiger partial charge on any atom is -0.230 e. The third-order valence-corrected chi connectivity index (χ3v) is 3.62. The molecule has 16 heavy (non-hydrogen) atoms. The zero-order valence-corrected chi connectivity index (χ0v) is 11.4. The van der Waals surface area contributed by atoms with E-state index in [1.165, 1.54) is 38.5 Å². The summed E-state index contributed by atoms with van der Waals surface area (Å²) in [5, 5.41) is 8.97. The Kier molecular flexibility index (Phi) is 6.28. The number of hydrogen-bond donors (Lipinski definition) is 0. The average molecular weight is 228 g/mol. The normalized spacial score (nSPS) is 26.2. The molecule has 0 unspecified atom stereocenters. The standard InChI is InChI=1S/C12H28N4/c1-13-11-9-7-5-6-8-10-12-14(2)16(4)15(13)3/h5-12H2,1-4H3. The number of hydrazine groups is 3. The van der Waals surface area contributed by atoms with Gasteiger partial charge in [-0.05, 0) is 12.8 Å². The molecule has 0 aromatic carbocycles. The monoisotopic (exact) mass is 228 g/mol. The second kappa shape index (κ2) is 7.22. The van der Waals surface area contributed by atoms with Crippen molar-refractivity contribution >= 4 is 0 Å². The van der Waals surface area contributed by atoms with E-state index < -0.39 is 0 Å². The molecule has 1 rings (SSSR count). The lowest BCUT2D eigenvalue weighted by Crippen LogP contribution is -2.54. The van der Waals surface area contributed by atoms with Gasteiger partial charge in [0.05, 0.1) is 0 Å². The van der Waals surface area contributed by atoms with Gasteiger partial charge in [0, 0.05) is 41.3 Å². The lowest BCUT2D eigenvalue weighted by atomic mass is 10.1. The van der Waals surface area contributed by atoms with Crippen molar-refractivity contribution in [2.24, 2.45) is 0 Å². The number of hydrogen-bond acceptors (Lipinski definition) is 4. The molecule has 1 heterocycles. The molecule has 1 aliphatic heterocycles. The zero-order valence-electron chi connectivity index (χ0n) is 11.4. The zero-order chi connectivity index (χ0) is 12.0. The van der Waals surface area contributed by atoms with Crippen LogP contribution < -0.4 is 0 Å². The van der Waals surface area contributed by atoms with Crippen LogP contribution in [0.5, 0.6) is 0 Å². The molecular formula is C12H28N4. The van der Waals surface area contributed by atoms with Crippen LogP contribution in [0.2, 0.25) is 0 Å². The van der Waals surface area contributed by atoms with Crippen LogP contribution in [0.1, 0.15) is 38.5 Å². The van der Waals surface area contributed by atoms with E-state index in [1.807, 2.05) is 0 Å². The molecule has 1 aliphatic rings. The van der Waals surface area contributed by atoms with E-state index >= 15 is 0 Å². The van der Waals surface area contributed by atoms with Gasteiger partial charge in [-0.1, -0.05) is 25.7 Å². The number of nitrogens with zero attached hydrogens (tertiary/aromatic N) is 4. The molecule has 0 spiro atoms. The summed E-state index contributed by atoms with van der Waals surface area (Å²) in [5.41, 5.74) is 0. The first-order valence-electron chi connectivity index (χ1n) is 6.52. The first-order valence-corrected chi connectivity index (χ1v) is 6.52. The lowest BCUT2D eigenvalue weighted by molar-refractivity contribution is -0.235. The van der Waals surface area contributed by atoms with Crippen LogP contribution in [-0.2, 0) is 0 Å². The van der Waals surface area contributed by atoms with Gasteiger partial charge in [0.2, 0.25) is 0 Å². The predicted molar refractivity (Wildman–Crippen MR) is 68.5 cm³/mol. The van der Waals surface area contributed by atoms with Crippen LogP contribution in [0.25, 0.3) is 0 Å². The van der Waals surface area contributed by atoms with Crippen LogP contribution in [0.3, 0.4) is 0 Å². The van der Waals surface area contributed by atoms with E-state index in [9.17, 15) is 0 Å². The maximum Gasteiger partial charge on any atom is 0.0192 e. The van der Waals surface area contributed by atoms with Gasteiger partial charge in [-0.2, -0.15) is 10.2 Å². The third-order valence-electron chi connectivity index (χ3n) is 3.62. The summed E-state index contributed by atoms with van der Waals surface area (Å²) in [5.74, 6) is 0. The fourth-order valence-corrected chi connectivity index (χ4v) is 2.12. The second-order valence-corrected chi connectivity index (χ2v) is 4.86. The molecule has 0 aromatic rings. The molecule has 0 aliphatic carbocycles. The van der Waals surface area contributed by atoms with Crippen molar-refractivity contribution in [3.63, 3.8) is 0 Å². The fraction of sp³-hybridized carbons (Fsp3) is 1.00. The molecule has 0 radical (unpaired) electrons. The molecule has 96 valence electrons. The highest BCUT2D eigenvalue weighted by molar-refractivity contribution is 4.53. The average Bonchev–Trinajstić information content (AvgIpc) is 2.28. The van der Waals surface area contributed by atoms with Crippen molar-refractivity contribution in [1.29, 1.82) is 0 Å². The van der Waals surface area contributed by atoms with Gasteiger partial charge in [-0.3, -0.25) is 0 Å². The summed E-state index contributed by atoms with van der Waals surface area (Å²) in [4.78, 5) is 0. The second-order valence-electron chi connectivity index (χ2n) is 4.86. The van der Waals surface area contributed by atoms with Gasteiger partial charge in [0.25, 0.3) is 0 Å². The van der Waals surface area contributed by atoms with Crippen LogP contribution in [0, 0.1) is 0 Å². The van der Waals surface area contributed by atoms with Crippen LogP contribution >= 0.6 is 0 Å². The molecule has 4 heteroatoms. The Morgan fingerprint density at radius 2 is 0.812 bits per heavy atom. The third kappa shape index (κ3) is 4.37. The molecule has 0 bridgehead atoms. The van der Waals surface area contributed by atoms with Gasteiger partial charge < -0.3 is 0 Å². The van der Waals surface area contributed by atoms with Gasteiger partial charge in [0.1, 0.15) is 0 Å². The summed E-state index contributed by atoms with van der Waals surface area (Å²) in [7, 11) is 8.58. The summed E-state index contributed by atoms with van der Waals surface area (Å²) in [6.45, 7) is 2.30. The Morgan fingerprint density at radius 1 is 0.500 bits per heavy atom. The van der Waals surface area contributed by atoms with Crippen molar-refractivity contribution in [1.82, 2.24) is 20.3 Å². The summed E-state index contributed by atoms with van der Waals surface area (Å²) >= 11 is 0. The minimum absolute atomic E-state index is 1.15. The maximum absolute atomic E-state index is 2.29. The van der Waals surface area contributed by atoms with Gasteiger partial charge >= 0.3 is 0 Å². The van der Waals surface area contributed by atoms with Crippen molar-refractivity contribution < 1.29 is 0 Å². The van der Waals surface area contributed by atoms with E-state index in [-0.39, 0.29) is 0 Å². The Balaban J connectivity index is 2.49. The Bertz CT molecular complexity index is 166. The maximum atomic E-state index is 2.29. The van der Waals surface area contributed by atoms with E-state index in [1.54, 1.807) is 0 Å². The first kappa shape index (κ1) is 13.9. The highest BCUT2D eigenvalue weighted by Gasteiger charge is 2.15. The Hall–Kier alpha value is -0.160. The quantitative estimate of drug-likeness (QED) is 0.627. The number of rotatable bonds is 0. The van der Waals surface area contributed by atoms with Crippen molar-refractivity contribution in [3.05, 3.63) is 0 Å². The summed E-state index contributed by atoms with van der Waals surface area (Å²) in [6, 6.07) is 0. The Labute approximate surface area is 101 Å². The molecule has 0 N–H and O–H groups in total. The van der Waals surface area contributed by atoms with Crippen LogP contribution in [-0.4, -0.2) is 61.5 Å². The highest BCUT2D eigenvalue weighted by atomic mass is 16.0. The smallest absolute Gasteiger partial charge is 0.0192 e. The minimum atomic E-state index is 1.15. The lowest BCUT2D eigenvalue weighted by Gasteiger charge is -2.40. The largest absolute Gasteiger partial charge is 0.230 e. The SMILES string of the molecule is CN1CCCCCCCCN(C)N(C)N1C. The molecular weight excluding hydrogens is 200 g/mol. The van der Waals surface area contributed by atoms with Crippen LogP contribution in [0.4, 0.5) is 0 Å². The van der Waals surface area contributed by atoms with Crippen LogP contribution in [0.15, 0.2) is 0 Å². The predicted octanol–water partition coefficient (Wildman–Crippen LogP) is 1.81. The molecule has 0 saturated carbocycles. The van der Waals surface area contributed by atoms with E-state index in [4.69, 9.17) is 0 Å². The fourth-order valence-electron chi connectivity index (χ4n) is 2.12. The van der Waals surface area contributed by atoms with E-state index in [0.29, 0.717) is 0 Å². The molecule has 1 fully saturated rings. The van der Waals surface area contributed by atoms with Crippen molar-refractivity contribution in [3.8, 4) is 0 Å². The molecule has 1 saturated heterocycles. The highest BCUT2D eigenvalue weighted by Crippen LogP contribution is 2.10. The van der Waals surface area contributed by atoms with E-state index in [2.05, 4.69) is 48.4 Å². The molecule has 0 atom stereocenters. The topological polar surface area (TPSA) is 13.0 Å². The van der Waals surface area contributed by atoms with Crippen molar-refractivity contribution in [2.45, 2.75) is 38.5 Å². The van der Waals surface area contributed by atoms with Gasteiger partial charge in [-0.15, -0.1) is 0 Å². The van der Waals surface area contributed by atoms with Gasteiger partial charge in [-0.25, -0.2) is 10.0 Å². The Morgan fingerprint density at radius 3 is 1.19 bits per heavy atom. The summed E-state index contributed by atoms with van der Waals surface area (Å²) < 4.78 is 0.